The summed E-state index contributed by atoms with van der Waals surface area (Å²) >= 11 is 16.7. The summed E-state index contributed by atoms with van der Waals surface area (Å²) in [4.78, 5) is 48.5. The molecule has 29 heavy (non-hydrogen) atoms. The van der Waals surface area contributed by atoms with E-state index in [4.69, 9.17) is 53.8 Å². The van der Waals surface area contributed by atoms with E-state index in [0.29, 0.717) is 0 Å². The summed E-state index contributed by atoms with van der Waals surface area (Å²) < 4.78 is 18.2. The SMILES string of the molecule is CC(C)(C)OC(=O)N[C@@H](CCC1C(=O)OC(C)(C)OC1=O)C(=O)OCC(Cl)(Cl)Cl. The summed E-state index contributed by atoms with van der Waals surface area (Å²) in [5, 5.41) is 2.33. The fourth-order valence-corrected chi connectivity index (χ4v) is 2.43. The predicted octanol–water partition coefficient (Wildman–Crippen LogP) is 3.03. The number of rotatable bonds is 6. The van der Waals surface area contributed by atoms with Crippen LogP contribution in [0.3, 0.4) is 0 Å². The van der Waals surface area contributed by atoms with Gasteiger partial charge in [-0.15, -0.1) is 0 Å². The minimum Gasteiger partial charge on any atom is -0.460 e. The van der Waals surface area contributed by atoms with Gasteiger partial charge in [0.15, 0.2) is 5.92 Å². The number of cyclic esters (lactones) is 2. The molecule has 1 aliphatic heterocycles. The molecule has 0 aliphatic carbocycles. The maximum absolute atomic E-state index is 12.3. The number of amides is 1. The number of carbonyl (C=O) groups excluding carboxylic acids is 4. The maximum Gasteiger partial charge on any atom is 0.408 e. The van der Waals surface area contributed by atoms with Crippen molar-refractivity contribution in [2.75, 3.05) is 6.61 Å². The Labute approximate surface area is 183 Å². The van der Waals surface area contributed by atoms with Crippen LogP contribution in [0.15, 0.2) is 0 Å². The van der Waals surface area contributed by atoms with E-state index in [1.165, 1.54) is 13.8 Å². The van der Waals surface area contributed by atoms with Gasteiger partial charge in [-0.2, -0.15) is 0 Å². The lowest BCUT2D eigenvalue weighted by molar-refractivity contribution is -0.240. The molecule has 166 valence electrons. The van der Waals surface area contributed by atoms with Crippen molar-refractivity contribution in [3.05, 3.63) is 0 Å². The lowest BCUT2D eigenvalue weighted by Gasteiger charge is -2.33. The highest BCUT2D eigenvalue weighted by Gasteiger charge is 2.43. The molecule has 0 spiro atoms. The van der Waals surface area contributed by atoms with Crippen molar-refractivity contribution >= 4 is 58.8 Å². The molecule has 0 saturated carbocycles. The molecule has 0 radical (unpaired) electrons. The quantitative estimate of drug-likeness (QED) is 0.269. The smallest absolute Gasteiger partial charge is 0.408 e. The Morgan fingerprint density at radius 3 is 2.10 bits per heavy atom. The van der Waals surface area contributed by atoms with Gasteiger partial charge in [-0.05, 0) is 33.6 Å². The molecule has 1 fully saturated rings. The van der Waals surface area contributed by atoms with Gasteiger partial charge < -0.3 is 24.3 Å². The number of esters is 3. The second-order valence-electron chi connectivity index (χ2n) is 7.79. The zero-order valence-corrected chi connectivity index (χ0v) is 18.9. The molecular formula is C17H24Cl3NO8. The van der Waals surface area contributed by atoms with Gasteiger partial charge in [-0.1, -0.05) is 34.8 Å². The average molecular weight is 477 g/mol. The van der Waals surface area contributed by atoms with E-state index in [-0.39, 0.29) is 12.8 Å². The number of hydrogen-bond donors (Lipinski definition) is 1. The molecule has 1 heterocycles. The van der Waals surface area contributed by atoms with E-state index >= 15 is 0 Å². The molecule has 0 aromatic carbocycles. The minimum atomic E-state index is -1.85. The summed E-state index contributed by atoms with van der Waals surface area (Å²) in [6, 6.07) is -1.27. The van der Waals surface area contributed by atoms with Gasteiger partial charge in [0.25, 0.3) is 5.79 Å². The van der Waals surface area contributed by atoms with Crippen LogP contribution in [0.4, 0.5) is 4.79 Å². The van der Waals surface area contributed by atoms with Gasteiger partial charge >= 0.3 is 24.0 Å². The number of nitrogens with one attached hydrogen (secondary N) is 1. The van der Waals surface area contributed by atoms with Crippen molar-refractivity contribution in [1.29, 1.82) is 0 Å². The fourth-order valence-electron chi connectivity index (χ4n) is 2.27. The number of carbonyl (C=O) groups is 4. The summed E-state index contributed by atoms with van der Waals surface area (Å²) in [6.07, 6.45) is -1.21. The van der Waals surface area contributed by atoms with Crippen molar-refractivity contribution in [1.82, 2.24) is 5.32 Å². The van der Waals surface area contributed by atoms with Crippen molar-refractivity contribution < 1.29 is 38.1 Å². The molecule has 1 atom stereocenters. The molecule has 0 bridgehead atoms. The van der Waals surface area contributed by atoms with Crippen molar-refractivity contribution in [3.63, 3.8) is 0 Å². The summed E-state index contributed by atoms with van der Waals surface area (Å²) in [5.74, 6) is -5.15. The summed E-state index contributed by atoms with van der Waals surface area (Å²) in [5.41, 5.74) is -0.821. The molecule has 9 nitrogen and oxygen atoms in total. The van der Waals surface area contributed by atoms with Crippen molar-refractivity contribution in [2.45, 2.75) is 68.7 Å². The number of alkyl halides is 3. The second-order valence-corrected chi connectivity index (χ2v) is 10.3. The van der Waals surface area contributed by atoms with Gasteiger partial charge in [-0.3, -0.25) is 9.59 Å². The Hall–Kier alpha value is -1.45. The number of hydrogen-bond acceptors (Lipinski definition) is 8. The molecule has 0 unspecified atom stereocenters. The predicted molar refractivity (Wildman–Crippen MR) is 103 cm³/mol. The van der Waals surface area contributed by atoms with Crippen LogP contribution in [0.2, 0.25) is 0 Å². The Morgan fingerprint density at radius 2 is 1.66 bits per heavy atom. The maximum atomic E-state index is 12.3. The summed E-state index contributed by atoms with van der Waals surface area (Å²) in [6.45, 7) is 7.18. The van der Waals surface area contributed by atoms with E-state index in [1.807, 2.05) is 0 Å². The average Bonchev–Trinajstić information content (AvgIpc) is 2.46. The second kappa shape index (κ2) is 9.57. The number of alkyl carbamates (subject to hydrolysis) is 1. The highest BCUT2D eigenvalue weighted by atomic mass is 35.6. The molecule has 0 aromatic heterocycles. The Balaban J connectivity index is 2.82. The van der Waals surface area contributed by atoms with Gasteiger partial charge in [0.05, 0.1) is 0 Å². The number of halogens is 3. The third-order valence-electron chi connectivity index (χ3n) is 3.36. The largest absolute Gasteiger partial charge is 0.460 e. The Bertz CT molecular complexity index is 634. The van der Waals surface area contributed by atoms with E-state index in [9.17, 15) is 19.2 Å². The molecule has 1 saturated heterocycles. The standard InChI is InChI=1S/C17H24Cl3NO8/c1-15(2,3)29-14(25)21-10(13(24)26-8-17(18,19)20)7-6-9-11(22)27-16(4,5)28-12(9)23/h9-10H,6-8H2,1-5H3,(H,21,25)/t10-/m0/s1. The van der Waals surface area contributed by atoms with Gasteiger partial charge in [-0.25, -0.2) is 9.59 Å². The van der Waals surface area contributed by atoms with Crippen molar-refractivity contribution in [2.24, 2.45) is 5.92 Å². The Morgan fingerprint density at radius 1 is 1.14 bits per heavy atom. The van der Waals surface area contributed by atoms with Gasteiger partial charge in [0.1, 0.15) is 18.2 Å². The van der Waals surface area contributed by atoms with Crippen LogP contribution in [-0.2, 0) is 33.3 Å². The van der Waals surface area contributed by atoms with E-state index in [2.05, 4.69) is 5.32 Å². The Kier molecular flexibility index (Phi) is 8.45. The first-order valence-electron chi connectivity index (χ1n) is 8.68. The number of ether oxygens (including phenoxy) is 4. The van der Waals surface area contributed by atoms with Crippen LogP contribution in [-0.4, -0.2) is 51.8 Å². The minimum absolute atomic E-state index is 0.156. The van der Waals surface area contributed by atoms with Crippen LogP contribution < -0.4 is 5.32 Å². The van der Waals surface area contributed by atoms with Crippen molar-refractivity contribution in [3.8, 4) is 0 Å². The normalized spacial score (nSPS) is 18.3. The molecule has 1 aliphatic rings. The highest BCUT2D eigenvalue weighted by Crippen LogP contribution is 2.28. The zero-order chi connectivity index (χ0) is 22.6. The molecule has 1 amide bonds. The van der Waals surface area contributed by atoms with Gasteiger partial charge in [0.2, 0.25) is 3.79 Å². The molecule has 1 rings (SSSR count). The summed E-state index contributed by atoms with van der Waals surface area (Å²) in [7, 11) is 0. The lowest BCUT2D eigenvalue weighted by Crippen LogP contribution is -2.48. The van der Waals surface area contributed by atoms with Crippen LogP contribution >= 0.6 is 34.8 Å². The third kappa shape index (κ3) is 9.73. The third-order valence-corrected chi connectivity index (χ3v) is 3.69. The molecule has 12 heteroatoms. The first-order valence-corrected chi connectivity index (χ1v) is 9.81. The monoisotopic (exact) mass is 475 g/mol. The van der Waals surface area contributed by atoms with E-state index in [0.717, 1.165) is 0 Å². The first kappa shape index (κ1) is 25.6. The van der Waals surface area contributed by atoms with Gasteiger partial charge in [0, 0.05) is 13.8 Å². The van der Waals surface area contributed by atoms with E-state index < -0.39 is 57.7 Å². The highest BCUT2D eigenvalue weighted by molar-refractivity contribution is 6.67. The topological polar surface area (TPSA) is 117 Å². The zero-order valence-electron chi connectivity index (χ0n) is 16.7. The van der Waals surface area contributed by atoms with Crippen LogP contribution in [0.25, 0.3) is 0 Å². The van der Waals surface area contributed by atoms with E-state index in [1.54, 1.807) is 20.8 Å². The lowest BCUT2D eigenvalue weighted by atomic mass is 9.98. The fraction of sp³-hybridized carbons (Fsp3) is 0.765. The van der Waals surface area contributed by atoms with Crippen LogP contribution in [0.1, 0.15) is 47.5 Å². The molecule has 1 N–H and O–H groups in total. The first-order chi connectivity index (χ1) is 13.0. The molecular weight excluding hydrogens is 453 g/mol. The van der Waals surface area contributed by atoms with Crippen LogP contribution in [0.5, 0.6) is 0 Å². The van der Waals surface area contributed by atoms with Crippen LogP contribution in [0, 0.1) is 5.92 Å². The molecule has 0 aromatic rings.